The minimum Gasteiger partial charge on any atom is -0.489 e. The fourth-order valence-electron chi connectivity index (χ4n) is 1.77. The minimum atomic E-state index is 0. The lowest BCUT2D eigenvalue weighted by atomic mass is 10.2. The zero-order valence-electron chi connectivity index (χ0n) is 12.0. The first-order chi connectivity index (χ1) is 9.24. The summed E-state index contributed by atoms with van der Waals surface area (Å²) < 4.78 is 5.75. The quantitative estimate of drug-likeness (QED) is 0.862. The number of benzene rings is 2. The SMILES string of the molecule is CC(C)NCc1ccc(OCc2ccccc2)cc1.Cl. The molecule has 1 N–H and O–H groups in total. The Hall–Kier alpha value is -1.51. The molecule has 2 nitrogen and oxygen atoms in total. The molecule has 0 aliphatic rings. The highest BCUT2D eigenvalue weighted by Crippen LogP contribution is 2.14. The van der Waals surface area contributed by atoms with Gasteiger partial charge in [-0.15, -0.1) is 12.4 Å². The lowest BCUT2D eigenvalue weighted by molar-refractivity contribution is 0.306. The highest BCUT2D eigenvalue weighted by molar-refractivity contribution is 5.85. The molecule has 0 aromatic heterocycles. The van der Waals surface area contributed by atoms with Crippen LogP contribution in [-0.2, 0) is 13.2 Å². The molecule has 0 amide bonds. The van der Waals surface area contributed by atoms with E-state index in [1.54, 1.807) is 0 Å². The van der Waals surface area contributed by atoms with Crippen LogP contribution in [0.3, 0.4) is 0 Å². The number of nitrogens with one attached hydrogen (secondary N) is 1. The second-order valence-corrected chi connectivity index (χ2v) is 4.95. The third-order valence-corrected chi connectivity index (χ3v) is 2.89. The van der Waals surface area contributed by atoms with Crippen LogP contribution in [0.15, 0.2) is 54.6 Å². The van der Waals surface area contributed by atoms with Gasteiger partial charge in [0, 0.05) is 12.6 Å². The molecule has 2 aromatic rings. The van der Waals surface area contributed by atoms with Crippen LogP contribution in [0.2, 0.25) is 0 Å². The van der Waals surface area contributed by atoms with Crippen molar-refractivity contribution in [2.24, 2.45) is 0 Å². The molecule has 0 aliphatic carbocycles. The molecular weight excluding hydrogens is 270 g/mol. The maximum Gasteiger partial charge on any atom is 0.119 e. The van der Waals surface area contributed by atoms with Gasteiger partial charge in [0.1, 0.15) is 12.4 Å². The maximum atomic E-state index is 5.75. The Bertz CT molecular complexity index is 482. The Balaban J connectivity index is 0.00000200. The van der Waals surface area contributed by atoms with Crippen molar-refractivity contribution in [2.45, 2.75) is 33.0 Å². The summed E-state index contributed by atoms with van der Waals surface area (Å²) in [5, 5.41) is 3.40. The molecule has 108 valence electrons. The summed E-state index contributed by atoms with van der Waals surface area (Å²) in [4.78, 5) is 0. The fraction of sp³-hybridized carbons (Fsp3) is 0.294. The number of ether oxygens (including phenoxy) is 1. The lowest BCUT2D eigenvalue weighted by Gasteiger charge is -2.09. The Morgan fingerprint density at radius 2 is 1.55 bits per heavy atom. The topological polar surface area (TPSA) is 21.3 Å². The van der Waals surface area contributed by atoms with Crippen LogP contribution in [0.4, 0.5) is 0 Å². The molecule has 2 aromatic carbocycles. The maximum absolute atomic E-state index is 5.75. The number of hydrogen-bond acceptors (Lipinski definition) is 2. The first-order valence-corrected chi connectivity index (χ1v) is 6.73. The van der Waals surface area contributed by atoms with Crippen LogP contribution in [-0.4, -0.2) is 6.04 Å². The monoisotopic (exact) mass is 291 g/mol. The van der Waals surface area contributed by atoms with Crippen LogP contribution in [0.25, 0.3) is 0 Å². The Labute approximate surface area is 127 Å². The van der Waals surface area contributed by atoms with Crippen LogP contribution < -0.4 is 10.1 Å². The highest BCUT2D eigenvalue weighted by Gasteiger charge is 1.98. The molecule has 0 unspecified atom stereocenters. The van der Waals surface area contributed by atoms with Crippen LogP contribution >= 0.6 is 12.4 Å². The molecule has 0 bridgehead atoms. The Morgan fingerprint density at radius 3 is 2.15 bits per heavy atom. The Morgan fingerprint density at radius 1 is 0.900 bits per heavy atom. The van der Waals surface area contributed by atoms with Crippen molar-refractivity contribution < 1.29 is 4.74 Å². The van der Waals surface area contributed by atoms with Gasteiger partial charge in [-0.2, -0.15) is 0 Å². The summed E-state index contributed by atoms with van der Waals surface area (Å²) in [6.07, 6.45) is 0. The van der Waals surface area contributed by atoms with Crippen molar-refractivity contribution in [1.29, 1.82) is 0 Å². The molecule has 2 rings (SSSR count). The summed E-state index contributed by atoms with van der Waals surface area (Å²) in [6.45, 7) is 5.82. The second-order valence-electron chi connectivity index (χ2n) is 4.95. The smallest absolute Gasteiger partial charge is 0.119 e. The number of rotatable bonds is 6. The molecule has 20 heavy (non-hydrogen) atoms. The second kappa shape index (κ2) is 8.62. The average Bonchev–Trinajstić information content (AvgIpc) is 2.45. The minimum absolute atomic E-state index is 0. The summed E-state index contributed by atoms with van der Waals surface area (Å²) in [7, 11) is 0. The van der Waals surface area contributed by atoms with Gasteiger partial charge in [0.25, 0.3) is 0 Å². The van der Waals surface area contributed by atoms with Crippen molar-refractivity contribution in [1.82, 2.24) is 5.32 Å². The average molecular weight is 292 g/mol. The van der Waals surface area contributed by atoms with E-state index in [0.29, 0.717) is 12.6 Å². The van der Waals surface area contributed by atoms with Gasteiger partial charge in [0.2, 0.25) is 0 Å². The van der Waals surface area contributed by atoms with Crippen molar-refractivity contribution >= 4 is 12.4 Å². The zero-order chi connectivity index (χ0) is 13.5. The zero-order valence-corrected chi connectivity index (χ0v) is 12.8. The largest absolute Gasteiger partial charge is 0.489 e. The molecule has 3 heteroatoms. The Kier molecular flexibility index (Phi) is 7.13. The van der Waals surface area contributed by atoms with Gasteiger partial charge in [0.05, 0.1) is 0 Å². The molecule has 0 radical (unpaired) electrons. The van der Waals surface area contributed by atoms with Gasteiger partial charge in [0.15, 0.2) is 0 Å². The van der Waals surface area contributed by atoms with Crippen molar-refractivity contribution in [3.05, 3.63) is 65.7 Å². The molecule has 0 heterocycles. The lowest BCUT2D eigenvalue weighted by Crippen LogP contribution is -2.21. The molecule has 0 saturated heterocycles. The van der Waals surface area contributed by atoms with Gasteiger partial charge in [-0.05, 0) is 23.3 Å². The van der Waals surface area contributed by atoms with Crippen molar-refractivity contribution in [2.75, 3.05) is 0 Å². The summed E-state index contributed by atoms with van der Waals surface area (Å²) in [5.41, 5.74) is 2.47. The van der Waals surface area contributed by atoms with Gasteiger partial charge < -0.3 is 10.1 Å². The van der Waals surface area contributed by atoms with Gasteiger partial charge in [-0.25, -0.2) is 0 Å². The van der Waals surface area contributed by atoms with Crippen LogP contribution in [0.1, 0.15) is 25.0 Å². The predicted octanol–water partition coefficient (Wildman–Crippen LogP) is 4.19. The molecule has 0 atom stereocenters. The summed E-state index contributed by atoms with van der Waals surface area (Å²) in [5.74, 6) is 0.914. The predicted molar refractivity (Wildman–Crippen MR) is 86.4 cm³/mol. The first-order valence-electron chi connectivity index (χ1n) is 6.73. The molecule has 0 spiro atoms. The van der Waals surface area contributed by atoms with E-state index in [1.807, 2.05) is 30.3 Å². The van der Waals surface area contributed by atoms with E-state index in [1.165, 1.54) is 11.1 Å². The number of hydrogen-bond donors (Lipinski definition) is 1. The third-order valence-electron chi connectivity index (χ3n) is 2.89. The highest BCUT2D eigenvalue weighted by atomic mass is 35.5. The first kappa shape index (κ1) is 16.5. The normalized spacial score (nSPS) is 10.2. The van der Waals surface area contributed by atoms with Crippen LogP contribution in [0.5, 0.6) is 5.75 Å². The molecular formula is C17H22ClNO. The van der Waals surface area contributed by atoms with E-state index in [4.69, 9.17) is 4.74 Å². The van der Waals surface area contributed by atoms with Gasteiger partial charge >= 0.3 is 0 Å². The van der Waals surface area contributed by atoms with E-state index < -0.39 is 0 Å². The standard InChI is InChI=1S/C17H21NO.ClH/c1-14(2)18-12-15-8-10-17(11-9-15)19-13-16-6-4-3-5-7-16;/h3-11,14,18H,12-13H2,1-2H3;1H. The molecule has 0 fully saturated rings. The third kappa shape index (κ3) is 5.64. The van der Waals surface area contributed by atoms with Gasteiger partial charge in [-0.3, -0.25) is 0 Å². The van der Waals surface area contributed by atoms with Crippen molar-refractivity contribution in [3.63, 3.8) is 0 Å². The molecule has 0 saturated carbocycles. The van der Waals surface area contributed by atoms with Gasteiger partial charge in [-0.1, -0.05) is 56.3 Å². The van der Waals surface area contributed by atoms with Crippen LogP contribution in [0, 0.1) is 0 Å². The summed E-state index contributed by atoms with van der Waals surface area (Å²) >= 11 is 0. The molecule has 0 aliphatic heterocycles. The van der Waals surface area contributed by atoms with E-state index >= 15 is 0 Å². The van der Waals surface area contributed by atoms with E-state index in [0.717, 1.165) is 12.3 Å². The fourth-order valence-corrected chi connectivity index (χ4v) is 1.77. The number of halogens is 1. The summed E-state index contributed by atoms with van der Waals surface area (Å²) in [6, 6.07) is 19.0. The van der Waals surface area contributed by atoms with E-state index in [-0.39, 0.29) is 12.4 Å². The van der Waals surface area contributed by atoms with E-state index in [9.17, 15) is 0 Å². The van der Waals surface area contributed by atoms with E-state index in [2.05, 4.69) is 43.4 Å². The van der Waals surface area contributed by atoms with Crippen molar-refractivity contribution in [3.8, 4) is 5.75 Å².